The molecule has 3 fully saturated rings. The smallest absolute Gasteiger partial charge is 0.330 e. The lowest BCUT2D eigenvalue weighted by Crippen LogP contribution is -2.35. The number of carbonyl (C=O) groups excluding carboxylic acids is 6. The van der Waals surface area contributed by atoms with E-state index in [0.29, 0.717) is 11.5 Å². The highest BCUT2D eigenvalue weighted by Gasteiger charge is 2.51. The summed E-state index contributed by atoms with van der Waals surface area (Å²) in [7, 11) is 0. The van der Waals surface area contributed by atoms with E-state index in [9.17, 15) is 28.8 Å². The van der Waals surface area contributed by atoms with E-state index in [1.807, 2.05) is 0 Å². The Hall–Kier alpha value is -5.58. The molecule has 0 radical (unpaired) electrons. The molecule has 6 atom stereocenters. The summed E-state index contributed by atoms with van der Waals surface area (Å²) in [4.78, 5) is 65.4. The van der Waals surface area contributed by atoms with Gasteiger partial charge in [0.05, 0.1) is 25.4 Å². The maximum Gasteiger partial charge on any atom is 0.330 e. The molecule has 4 heterocycles. The minimum absolute atomic E-state index is 0.0141. The Morgan fingerprint density at radius 3 is 1.25 bits per heavy atom. The topological polar surface area (TPSA) is 199 Å². The Balaban J connectivity index is 0.000000270. The molecule has 0 aromatic carbocycles. The fourth-order valence-corrected chi connectivity index (χ4v) is 4.50. The van der Waals surface area contributed by atoms with E-state index in [2.05, 4.69) is 39.5 Å². The normalized spacial score (nSPS) is 22.2. The lowest BCUT2D eigenvalue weighted by atomic mass is 10.1. The molecule has 0 spiro atoms. The largest absolute Gasteiger partial charge is 0.460 e. The molecule has 0 N–H and O–H groups in total. The predicted molar refractivity (Wildman–Crippen MR) is 179 cm³/mol. The maximum absolute atomic E-state index is 11.1. The second-order valence-corrected chi connectivity index (χ2v) is 10.6. The SMILES string of the molecule is C=CC(=O)OC1COC2C(OC(=O)C=C)COC12.C=CC(=O)OCC1CCC(COC(=O)C=C)O1.C=CC(=O)OCc1ccc(COC(=O)C=C)o1. The van der Waals surface area contributed by atoms with Crippen LogP contribution in [0.25, 0.3) is 0 Å². The summed E-state index contributed by atoms with van der Waals surface area (Å²) in [6.45, 7) is 20.6. The third-order valence-electron chi connectivity index (χ3n) is 6.95. The zero-order valence-electron chi connectivity index (χ0n) is 28.5. The van der Waals surface area contributed by atoms with Gasteiger partial charge in [0, 0.05) is 36.5 Å². The van der Waals surface area contributed by atoms with Crippen LogP contribution in [-0.4, -0.2) is 98.9 Å². The molecule has 1 aromatic heterocycles. The molecule has 3 aliphatic rings. The Morgan fingerprint density at radius 2 is 0.904 bits per heavy atom. The summed E-state index contributed by atoms with van der Waals surface area (Å²) in [6.07, 6.45) is 6.00. The first-order valence-electron chi connectivity index (χ1n) is 15.8. The van der Waals surface area contributed by atoms with Gasteiger partial charge in [-0.1, -0.05) is 39.5 Å². The molecule has 0 aliphatic carbocycles. The summed E-state index contributed by atoms with van der Waals surface area (Å²) in [6, 6.07) is 3.26. The van der Waals surface area contributed by atoms with Crippen LogP contribution < -0.4 is 0 Å². The van der Waals surface area contributed by atoms with E-state index in [1.165, 1.54) is 0 Å². The van der Waals surface area contributed by atoms with Crippen molar-refractivity contribution >= 4 is 35.8 Å². The van der Waals surface area contributed by atoms with Crippen molar-refractivity contribution in [2.75, 3.05) is 26.4 Å². The summed E-state index contributed by atoms with van der Waals surface area (Å²) in [5.41, 5.74) is 0. The number of hydrogen-bond donors (Lipinski definition) is 0. The molecule has 16 heteroatoms. The molecule has 3 saturated heterocycles. The summed E-state index contributed by atoms with van der Waals surface area (Å²) >= 11 is 0. The summed E-state index contributed by atoms with van der Waals surface area (Å²) < 4.78 is 51.1. The molecule has 6 unspecified atom stereocenters. The van der Waals surface area contributed by atoms with Gasteiger partial charge in [0.15, 0.2) is 12.2 Å². The Labute approximate surface area is 300 Å². The minimum Gasteiger partial charge on any atom is -0.460 e. The highest BCUT2D eigenvalue weighted by molar-refractivity contribution is 5.83. The molecular formula is C36H42O16. The molecule has 52 heavy (non-hydrogen) atoms. The van der Waals surface area contributed by atoms with Crippen LogP contribution in [0.15, 0.2) is 92.5 Å². The van der Waals surface area contributed by atoms with E-state index < -0.39 is 60.2 Å². The van der Waals surface area contributed by atoms with Gasteiger partial charge in [0.1, 0.15) is 50.2 Å². The average molecular weight is 731 g/mol. The van der Waals surface area contributed by atoms with Crippen LogP contribution in [0.4, 0.5) is 0 Å². The minimum atomic E-state index is -0.528. The van der Waals surface area contributed by atoms with Gasteiger partial charge in [-0.05, 0) is 25.0 Å². The second kappa shape index (κ2) is 23.0. The van der Waals surface area contributed by atoms with E-state index in [4.69, 9.17) is 47.0 Å². The van der Waals surface area contributed by atoms with Crippen LogP contribution in [0.1, 0.15) is 24.4 Å². The van der Waals surface area contributed by atoms with Crippen molar-refractivity contribution in [1.29, 1.82) is 0 Å². The van der Waals surface area contributed by atoms with Crippen molar-refractivity contribution < 1.29 is 75.8 Å². The van der Waals surface area contributed by atoms with Gasteiger partial charge in [-0.25, -0.2) is 28.8 Å². The number of carbonyl (C=O) groups is 6. The molecule has 3 aliphatic heterocycles. The monoisotopic (exact) mass is 730 g/mol. The van der Waals surface area contributed by atoms with E-state index in [-0.39, 0.29) is 51.8 Å². The van der Waals surface area contributed by atoms with Crippen LogP contribution in [0.5, 0.6) is 0 Å². The van der Waals surface area contributed by atoms with E-state index in [1.54, 1.807) is 12.1 Å². The Morgan fingerprint density at radius 1 is 0.558 bits per heavy atom. The van der Waals surface area contributed by atoms with Gasteiger partial charge >= 0.3 is 35.8 Å². The first-order valence-corrected chi connectivity index (χ1v) is 15.8. The molecule has 1 aromatic rings. The third-order valence-corrected chi connectivity index (χ3v) is 6.95. The van der Waals surface area contributed by atoms with Crippen LogP contribution in [0, 0.1) is 0 Å². The molecule has 0 amide bonds. The quantitative estimate of drug-likeness (QED) is 0.137. The van der Waals surface area contributed by atoms with Crippen molar-refractivity contribution in [2.24, 2.45) is 0 Å². The highest BCUT2D eigenvalue weighted by atomic mass is 16.7. The fourth-order valence-electron chi connectivity index (χ4n) is 4.50. The van der Waals surface area contributed by atoms with Gasteiger partial charge in [-0.3, -0.25) is 0 Å². The Bertz CT molecular complexity index is 1350. The number of hydrogen-bond acceptors (Lipinski definition) is 16. The van der Waals surface area contributed by atoms with Gasteiger partial charge in [0.2, 0.25) is 0 Å². The van der Waals surface area contributed by atoms with Crippen molar-refractivity contribution in [3.8, 4) is 0 Å². The maximum atomic E-state index is 11.1. The van der Waals surface area contributed by atoms with E-state index >= 15 is 0 Å². The van der Waals surface area contributed by atoms with Crippen molar-refractivity contribution in [3.05, 3.63) is 99.6 Å². The van der Waals surface area contributed by atoms with Crippen LogP contribution in [0.3, 0.4) is 0 Å². The lowest BCUT2D eigenvalue weighted by Gasteiger charge is -2.16. The van der Waals surface area contributed by atoms with Crippen molar-refractivity contribution in [3.63, 3.8) is 0 Å². The molecule has 4 rings (SSSR count). The highest BCUT2D eigenvalue weighted by Crippen LogP contribution is 2.30. The zero-order valence-corrected chi connectivity index (χ0v) is 28.5. The number of rotatable bonds is 16. The number of fused-ring (bicyclic) bond motifs is 1. The zero-order chi connectivity index (χ0) is 38.5. The second-order valence-electron chi connectivity index (χ2n) is 10.6. The summed E-state index contributed by atoms with van der Waals surface area (Å²) in [5.74, 6) is -2.11. The standard InChI is InChI=1S/C12H14O6.C12H16O5.C12H12O5/c1-3-9(13)17-7-5-15-12-8(6-16-11(7)12)18-10(14)4-2;2*1-3-11(13)15-7-9-5-6-10(17-9)8-16-12(14)4-2/h3-4,7-8,11-12H,1-2,5-6H2;3-4,9-10H,1-2,5-8H2;3-6H,1-2,7-8H2. The first kappa shape index (κ1) is 42.6. The van der Waals surface area contributed by atoms with Crippen LogP contribution in [0.2, 0.25) is 0 Å². The third kappa shape index (κ3) is 15.1. The molecule has 0 saturated carbocycles. The van der Waals surface area contributed by atoms with E-state index in [0.717, 1.165) is 49.3 Å². The fraction of sp³-hybridized carbons (Fsp3) is 0.389. The number of esters is 6. The molecule has 16 nitrogen and oxygen atoms in total. The predicted octanol–water partition coefficient (Wildman–Crippen LogP) is 2.71. The van der Waals surface area contributed by atoms with Crippen LogP contribution >= 0.6 is 0 Å². The van der Waals surface area contributed by atoms with Gasteiger partial charge < -0.3 is 47.0 Å². The molecular weight excluding hydrogens is 688 g/mol. The van der Waals surface area contributed by atoms with Crippen molar-refractivity contribution in [2.45, 2.75) is 62.7 Å². The van der Waals surface area contributed by atoms with Gasteiger partial charge in [-0.2, -0.15) is 0 Å². The van der Waals surface area contributed by atoms with Crippen molar-refractivity contribution in [1.82, 2.24) is 0 Å². The lowest BCUT2D eigenvalue weighted by molar-refractivity contribution is -0.149. The molecule has 0 bridgehead atoms. The Kier molecular flexibility index (Phi) is 18.8. The number of furan rings is 1. The molecule has 282 valence electrons. The number of ether oxygens (including phenoxy) is 9. The first-order chi connectivity index (χ1) is 25.0. The van der Waals surface area contributed by atoms with Gasteiger partial charge in [-0.15, -0.1) is 0 Å². The van der Waals surface area contributed by atoms with Gasteiger partial charge in [0.25, 0.3) is 0 Å². The van der Waals surface area contributed by atoms with Crippen LogP contribution in [-0.2, 0) is 84.6 Å². The summed E-state index contributed by atoms with van der Waals surface area (Å²) in [5, 5.41) is 0. The average Bonchev–Trinajstić information content (AvgIpc) is 3.98.